The number of benzene rings is 1. The molecule has 3 rings (SSSR count). The lowest BCUT2D eigenvalue weighted by Crippen LogP contribution is -2.38. The van der Waals surface area contributed by atoms with Gasteiger partial charge in [-0.25, -0.2) is 14.7 Å². The lowest BCUT2D eigenvalue weighted by Gasteiger charge is -2.19. The number of guanidine groups is 1. The van der Waals surface area contributed by atoms with Gasteiger partial charge < -0.3 is 10.6 Å². The minimum atomic E-state index is 0.0859. The summed E-state index contributed by atoms with van der Waals surface area (Å²) in [6, 6.07) is 10.3. The zero-order valence-electron chi connectivity index (χ0n) is 15.3. The van der Waals surface area contributed by atoms with Crippen molar-refractivity contribution < 1.29 is 0 Å². The molecule has 2 aromatic heterocycles. The molecule has 0 fully saturated rings. The third-order valence-electron chi connectivity index (χ3n) is 4.02. The number of aromatic nitrogens is 5. The van der Waals surface area contributed by atoms with Gasteiger partial charge in [-0.1, -0.05) is 12.1 Å². The van der Waals surface area contributed by atoms with Crippen molar-refractivity contribution in [2.45, 2.75) is 26.4 Å². The molecule has 0 spiro atoms. The molecule has 8 heteroatoms. The van der Waals surface area contributed by atoms with Gasteiger partial charge in [0.05, 0.1) is 11.7 Å². The van der Waals surface area contributed by atoms with Gasteiger partial charge >= 0.3 is 0 Å². The Labute approximate surface area is 153 Å². The molecule has 0 aliphatic heterocycles. The Morgan fingerprint density at radius 2 is 2.15 bits per heavy atom. The quantitative estimate of drug-likeness (QED) is 0.522. The average Bonchev–Trinajstić information content (AvgIpc) is 3.32. The third-order valence-corrected chi connectivity index (χ3v) is 4.02. The van der Waals surface area contributed by atoms with E-state index in [-0.39, 0.29) is 6.04 Å². The Morgan fingerprint density at radius 1 is 1.27 bits per heavy atom. The van der Waals surface area contributed by atoms with E-state index in [0.717, 1.165) is 29.6 Å². The molecule has 0 saturated heterocycles. The summed E-state index contributed by atoms with van der Waals surface area (Å²) in [5.41, 5.74) is 2.18. The van der Waals surface area contributed by atoms with E-state index in [2.05, 4.69) is 49.9 Å². The fourth-order valence-electron chi connectivity index (χ4n) is 2.58. The number of hydrogen-bond acceptors (Lipinski definition) is 4. The zero-order valence-corrected chi connectivity index (χ0v) is 15.3. The normalized spacial score (nSPS) is 12.8. The minimum Gasteiger partial charge on any atom is -0.357 e. The molecule has 1 atom stereocenters. The van der Waals surface area contributed by atoms with Crippen LogP contribution in [-0.2, 0) is 13.6 Å². The van der Waals surface area contributed by atoms with Crippen LogP contribution in [0, 0.1) is 0 Å². The second-order valence-electron chi connectivity index (χ2n) is 5.91. The molecule has 8 nitrogen and oxygen atoms in total. The number of aliphatic imine (C=N–C) groups is 1. The van der Waals surface area contributed by atoms with Crippen LogP contribution in [0.4, 0.5) is 0 Å². The van der Waals surface area contributed by atoms with Crippen LogP contribution in [0.1, 0.15) is 31.3 Å². The van der Waals surface area contributed by atoms with E-state index in [0.29, 0.717) is 6.54 Å². The van der Waals surface area contributed by atoms with E-state index >= 15 is 0 Å². The van der Waals surface area contributed by atoms with Crippen LogP contribution in [0.5, 0.6) is 0 Å². The predicted octanol–water partition coefficient (Wildman–Crippen LogP) is 1.82. The molecule has 3 aromatic rings. The third kappa shape index (κ3) is 4.27. The second-order valence-corrected chi connectivity index (χ2v) is 5.91. The van der Waals surface area contributed by atoms with Gasteiger partial charge in [-0.05, 0) is 37.6 Å². The van der Waals surface area contributed by atoms with Crippen molar-refractivity contribution >= 4 is 5.96 Å². The van der Waals surface area contributed by atoms with Crippen LogP contribution >= 0.6 is 0 Å². The van der Waals surface area contributed by atoms with Crippen molar-refractivity contribution in [1.29, 1.82) is 0 Å². The first-order valence-corrected chi connectivity index (χ1v) is 8.65. The summed E-state index contributed by atoms with van der Waals surface area (Å²) in [7, 11) is 1.86. The van der Waals surface area contributed by atoms with Crippen molar-refractivity contribution in [2.75, 3.05) is 6.54 Å². The molecule has 0 aliphatic rings. The average molecular weight is 352 g/mol. The van der Waals surface area contributed by atoms with E-state index in [1.165, 1.54) is 6.33 Å². The summed E-state index contributed by atoms with van der Waals surface area (Å²) < 4.78 is 3.58. The second kappa shape index (κ2) is 8.28. The summed E-state index contributed by atoms with van der Waals surface area (Å²) >= 11 is 0. The fourth-order valence-corrected chi connectivity index (χ4v) is 2.58. The monoisotopic (exact) mass is 352 g/mol. The Balaban J connectivity index is 1.72. The molecule has 0 radical (unpaired) electrons. The van der Waals surface area contributed by atoms with Crippen LogP contribution in [-0.4, -0.2) is 37.0 Å². The Kier molecular flexibility index (Phi) is 5.62. The van der Waals surface area contributed by atoms with Crippen molar-refractivity contribution in [1.82, 2.24) is 35.2 Å². The molecule has 0 aliphatic carbocycles. The van der Waals surface area contributed by atoms with E-state index in [1.54, 1.807) is 10.9 Å². The van der Waals surface area contributed by atoms with Crippen LogP contribution in [0.15, 0.2) is 54.0 Å². The van der Waals surface area contributed by atoms with Gasteiger partial charge in [-0.2, -0.15) is 10.2 Å². The van der Waals surface area contributed by atoms with Crippen LogP contribution in [0.25, 0.3) is 5.69 Å². The van der Waals surface area contributed by atoms with Crippen molar-refractivity contribution in [3.05, 3.63) is 60.4 Å². The Hall–Kier alpha value is -3.16. The Morgan fingerprint density at radius 3 is 2.85 bits per heavy atom. The molecular weight excluding hydrogens is 328 g/mol. The van der Waals surface area contributed by atoms with Crippen molar-refractivity contribution in [3.63, 3.8) is 0 Å². The lowest BCUT2D eigenvalue weighted by atomic mass is 10.1. The van der Waals surface area contributed by atoms with Crippen molar-refractivity contribution in [3.8, 4) is 5.69 Å². The maximum atomic E-state index is 4.61. The fraction of sp³-hybridized carbons (Fsp3) is 0.333. The summed E-state index contributed by atoms with van der Waals surface area (Å²) in [5.74, 6) is 1.56. The SMILES string of the molecule is CCNC(=NCc1ncnn1C)NC(C)c1cccc(-n2cccn2)c1. The molecule has 2 heterocycles. The summed E-state index contributed by atoms with van der Waals surface area (Å²) in [5, 5.41) is 15.1. The summed E-state index contributed by atoms with van der Waals surface area (Å²) in [4.78, 5) is 8.81. The molecule has 1 aromatic carbocycles. The first kappa shape index (κ1) is 17.7. The van der Waals surface area contributed by atoms with E-state index in [1.807, 2.05) is 43.0 Å². The molecule has 0 bridgehead atoms. The van der Waals surface area contributed by atoms with E-state index in [4.69, 9.17) is 0 Å². The van der Waals surface area contributed by atoms with Gasteiger partial charge in [0.15, 0.2) is 5.96 Å². The van der Waals surface area contributed by atoms with E-state index < -0.39 is 0 Å². The van der Waals surface area contributed by atoms with Gasteiger partial charge in [0.25, 0.3) is 0 Å². The topological polar surface area (TPSA) is 85.0 Å². The molecule has 1 unspecified atom stereocenters. The minimum absolute atomic E-state index is 0.0859. The highest BCUT2D eigenvalue weighted by atomic mass is 15.3. The smallest absolute Gasteiger partial charge is 0.192 e. The Bertz CT molecular complexity index is 850. The van der Waals surface area contributed by atoms with Crippen LogP contribution in [0.2, 0.25) is 0 Å². The van der Waals surface area contributed by atoms with Gasteiger partial charge in [0.2, 0.25) is 0 Å². The standard InChI is InChI=1S/C18H24N8/c1-4-19-18(20-12-17-21-13-23-25(17)3)24-14(2)15-7-5-8-16(11-15)26-10-6-9-22-26/h5-11,13-14H,4,12H2,1-3H3,(H2,19,20,24). The zero-order chi connectivity index (χ0) is 18.4. The van der Waals surface area contributed by atoms with Crippen LogP contribution in [0.3, 0.4) is 0 Å². The highest BCUT2D eigenvalue weighted by Crippen LogP contribution is 2.16. The van der Waals surface area contributed by atoms with Gasteiger partial charge in [-0.3, -0.25) is 4.68 Å². The lowest BCUT2D eigenvalue weighted by molar-refractivity contribution is 0.671. The summed E-state index contributed by atoms with van der Waals surface area (Å²) in [6.45, 7) is 5.40. The van der Waals surface area contributed by atoms with Gasteiger partial charge in [0.1, 0.15) is 18.7 Å². The van der Waals surface area contributed by atoms with Gasteiger partial charge in [-0.15, -0.1) is 0 Å². The first-order chi connectivity index (χ1) is 12.7. The number of nitrogens with zero attached hydrogens (tertiary/aromatic N) is 6. The number of nitrogens with one attached hydrogen (secondary N) is 2. The van der Waals surface area contributed by atoms with Gasteiger partial charge in [0, 0.05) is 26.0 Å². The number of aryl methyl sites for hydroxylation is 1. The predicted molar refractivity (Wildman–Crippen MR) is 101 cm³/mol. The first-order valence-electron chi connectivity index (χ1n) is 8.65. The molecule has 0 saturated carbocycles. The largest absolute Gasteiger partial charge is 0.357 e. The van der Waals surface area contributed by atoms with Crippen LogP contribution < -0.4 is 10.6 Å². The molecular formula is C18H24N8. The molecule has 0 amide bonds. The van der Waals surface area contributed by atoms with E-state index in [9.17, 15) is 0 Å². The number of rotatable bonds is 6. The molecule has 26 heavy (non-hydrogen) atoms. The summed E-state index contributed by atoms with van der Waals surface area (Å²) in [6.07, 6.45) is 5.25. The molecule has 136 valence electrons. The van der Waals surface area contributed by atoms with Crippen molar-refractivity contribution in [2.24, 2.45) is 12.0 Å². The maximum Gasteiger partial charge on any atom is 0.192 e. The number of hydrogen-bond donors (Lipinski definition) is 2. The highest BCUT2D eigenvalue weighted by Gasteiger charge is 2.10. The highest BCUT2D eigenvalue weighted by molar-refractivity contribution is 5.80. The maximum absolute atomic E-state index is 4.61. The molecule has 2 N–H and O–H groups in total.